The molecule has 0 fully saturated rings. The van der Waals surface area contributed by atoms with Gasteiger partial charge in [-0.25, -0.2) is 0 Å². The van der Waals surface area contributed by atoms with Gasteiger partial charge in [0.15, 0.2) is 0 Å². The minimum absolute atomic E-state index is 0.121. The Bertz CT molecular complexity index is 384. The molecule has 0 N–H and O–H groups in total. The zero-order valence-electron chi connectivity index (χ0n) is 9.25. The van der Waals surface area contributed by atoms with Crippen LogP contribution in [0.3, 0.4) is 0 Å². The van der Waals surface area contributed by atoms with Crippen LogP contribution in [0, 0.1) is 5.41 Å². The number of methoxy groups -OCH3 is 1. The van der Waals surface area contributed by atoms with Crippen LogP contribution in [-0.2, 0) is 17.6 Å². The zero-order chi connectivity index (χ0) is 10.9. The van der Waals surface area contributed by atoms with E-state index in [4.69, 9.17) is 4.74 Å². The SMILES string of the molecule is COc1ccc2c(c1)CC(C)(CC=O)C2. The van der Waals surface area contributed by atoms with Gasteiger partial charge in [0, 0.05) is 6.42 Å². The molecule has 1 unspecified atom stereocenters. The van der Waals surface area contributed by atoms with Gasteiger partial charge >= 0.3 is 0 Å². The molecule has 0 radical (unpaired) electrons. The van der Waals surface area contributed by atoms with E-state index in [0.717, 1.165) is 24.9 Å². The van der Waals surface area contributed by atoms with Gasteiger partial charge in [-0.15, -0.1) is 0 Å². The summed E-state index contributed by atoms with van der Waals surface area (Å²) in [6.45, 7) is 2.17. The zero-order valence-corrected chi connectivity index (χ0v) is 9.25. The van der Waals surface area contributed by atoms with Crippen LogP contribution in [0.4, 0.5) is 0 Å². The number of hydrogen-bond acceptors (Lipinski definition) is 2. The van der Waals surface area contributed by atoms with Gasteiger partial charge in [-0.05, 0) is 41.5 Å². The summed E-state index contributed by atoms with van der Waals surface area (Å²) in [4.78, 5) is 10.6. The Morgan fingerprint density at radius 2 is 2.13 bits per heavy atom. The summed E-state index contributed by atoms with van der Waals surface area (Å²) in [7, 11) is 1.68. The highest BCUT2D eigenvalue weighted by molar-refractivity contribution is 5.52. The Kier molecular flexibility index (Phi) is 2.51. The maximum absolute atomic E-state index is 10.6. The normalized spacial score (nSPS) is 23.6. The number of aldehydes is 1. The molecule has 1 aromatic carbocycles. The third-order valence-electron chi connectivity index (χ3n) is 3.22. The second-order valence-electron chi connectivity index (χ2n) is 4.67. The van der Waals surface area contributed by atoms with Crippen molar-refractivity contribution in [3.8, 4) is 5.75 Å². The van der Waals surface area contributed by atoms with E-state index in [0.29, 0.717) is 6.42 Å². The van der Waals surface area contributed by atoms with Crippen molar-refractivity contribution >= 4 is 6.29 Å². The van der Waals surface area contributed by atoms with Crippen LogP contribution in [0.5, 0.6) is 5.75 Å². The Morgan fingerprint density at radius 1 is 1.40 bits per heavy atom. The maximum Gasteiger partial charge on any atom is 0.120 e. The molecule has 0 heterocycles. The van der Waals surface area contributed by atoms with E-state index in [1.807, 2.05) is 6.07 Å². The summed E-state index contributed by atoms with van der Waals surface area (Å²) in [6.07, 6.45) is 3.66. The molecule has 2 rings (SSSR count). The van der Waals surface area contributed by atoms with Crippen LogP contribution >= 0.6 is 0 Å². The van der Waals surface area contributed by atoms with Crippen molar-refractivity contribution in [2.24, 2.45) is 5.41 Å². The lowest BCUT2D eigenvalue weighted by Gasteiger charge is -2.19. The van der Waals surface area contributed by atoms with Crippen LogP contribution in [0.1, 0.15) is 24.5 Å². The number of hydrogen-bond donors (Lipinski definition) is 0. The highest BCUT2D eigenvalue weighted by Gasteiger charge is 2.32. The standard InChI is InChI=1S/C13H16O2/c1-13(5-6-14)8-10-3-4-12(15-2)7-11(10)9-13/h3-4,6-7H,5,8-9H2,1-2H3. The first-order valence-corrected chi connectivity index (χ1v) is 5.26. The van der Waals surface area contributed by atoms with Crippen molar-refractivity contribution in [2.75, 3.05) is 7.11 Å². The van der Waals surface area contributed by atoms with Gasteiger partial charge in [0.1, 0.15) is 12.0 Å². The summed E-state index contributed by atoms with van der Waals surface area (Å²) >= 11 is 0. The Labute approximate surface area is 90.3 Å². The lowest BCUT2D eigenvalue weighted by Crippen LogP contribution is -2.16. The Hall–Kier alpha value is -1.31. The molecule has 0 aromatic heterocycles. The van der Waals surface area contributed by atoms with Gasteiger partial charge in [0.25, 0.3) is 0 Å². The molecule has 1 atom stereocenters. The highest BCUT2D eigenvalue weighted by Crippen LogP contribution is 2.39. The second kappa shape index (κ2) is 3.69. The van der Waals surface area contributed by atoms with Crippen LogP contribution in [-0.4, -0.2) is 13.4 Å². The van der Waals surface area contributed by atoms with Crippen LogP contribution in [0.2, 0.25) is 0 Å². The Balaban J connectivity index is 2.26. The van der Waals surface area contributed by atoms with Crippen LogP contribution in [0.15, 0.2) is 18.2 Å². The van der Waals surface area contributed by atoms with E-state index in [1.165, 1.54) is 11.1 Å². The first-order chi connectivity index (χ1) is 7.17. The second-order valence-corrected chi connectivity index (χ2v) is 4.67. The van der Waals surface area contributed by atoms with Crippen molar-refractivity contribution in [1.29, 1.82) is 0 Å². The third kappa shape index (κ3) is 1.89. The summed E-state index contributed by atoms with van der Waals surface area (Å²) < 4.78 is 5.20. The van der Waals surface area contributed by atoms with Crippen molar-refractivity contribution in [3.63, 3.8) is 0 Å². The van der Waals surface area contributed by atoms with Gasteiger partial charge in [-0.2, -0.15) is 0 Å². The average Bonchev–Trinajstić information content (AvgIpc) is 2.53. The molecule has 0 saturated carbocycles. The molecular weight excluding hydrogens is 188 g/mol. The molecule has 1 aliphatic carbocycles. The molecule has 1 aromatic rings. The van der Waals surface area contributed by atoms with Crippen molar-refractivity contribution in [2.45, 2.75) is 26.2 Å². The van der Waals surface area contributed by atoms with E-state index in [2.05, 4.69) is 19.1 Å². The number of carbonyl (C=O) groups is 1. The molecule has 2 heteroatoms. The quantitative estimate of drug-likeness (QED) is 0.707. The minimum atomic E-state index is 0.121. The molecule has 2 nitrogen and oxygen atoms in total. The molecule has 0 aliphatic heterocycles. The fraction of sp³-hybridized carbons (Fsp3) is 0.462. The molecule has 0 amide bonds. The van der Waals surface area contributed by atoms with Gasteiger partial charge in [0.05, 0.1) is 7.11 Å². The fourth-order valence-electron chi connectivity index (χ4n) is 2.39. The summed E-state index contributed by atoms with van der Waals surface area (Å²) in [5.41, 5.74) is 2.81. The van der Waals surface area contributed by atoms with E-state index < -0.39 is 0 Å². The van der Waals surface area contributed by atoms with E-state index in [1.54, 1.807) is 7.11 Å². The lowest BCUT2D eigenvalue weighted by atomic mass is 9.84. The smallest absolute Gasteiger partial charge is 0.120 e. The number of ether oxygens (including phenoxy) is 1. The number of benzene rings is 1. The predicted molar refractivity (Wildman–Crippen MR) is 59.2 cm³/mol. The molecule has 0 bridgehead atoms. The van der Waals surface area contributed by atoms with Gasteiger partial charge in [-0.3, -0.25) is 0 Å². The molecule has 80 valence electrons. The number of carbonyl (C=O) groups excluding carboxylic acids is 1. The highest BCUT2D eigenvalue weighted by atomic mass is 16.5. The predicted octanol–water partition coefficient (Wildman–Crippen LogP) is 2.39. The van der Waals surface area contributed by atoms with Crippen LogP contribution in [0.25, 0.3) is 0 Å². The van der Waals surface area contributed by atoms with Crippen molar-refractivity contribution in [1.82, 2.24) is 0 Å². The first-order valence-electron chi connectivity index (χ1n) is 5.26. The van der Waals surface area contributed by atoms with E-state index >= 15 is 0 Å². The molecule has 0 spiro atoms. The van der Waals surface area contributed by atoms with Gasteiger partial charge < -0.3 is 9.53 Å². The molecule has 0 saturated heterocycles. The summed E-state index contributed by atoms with van der Waals surface area (Å²) in [6, 6.07) is 6.20. The molecular formula is C13H16O2. The lowest BCUT2D eigenvalue weighted by molar-refractivity contribution is -0.109. The van der Waals surface area contributed by atoms with Gasteiger partial charge in [0.2, 0.25) is 0 Å². The summed E-state index contributed by atoms with van der Waals surface area (Å²) in [5.74, 6) is 0.907. The third-order valence-corrected chi connectivity index (χ3v) is 3.22. The maximum atomic E-state index is 10.6. The van der Waals surface area contributed by atoms with Crippen molar-refractivity contribution < 1.29 is 9.53 Å². The minimum Gasteiger partial charge on any atom is -0.497 e. The van der Waals surface area contributed by atoms with E-state index in [9.17, 15) is 4.79 Å². The van der Waals surface area contributed by atoms with Gasteiger partial charge in [-0.1, -0.05) is 13.0 Å². The monoisotopic (exact) mass is 204 g/mol. The molecule has 15 heavy (non-hydrogen) atoms. The van der Waals surface area contributed by atoms with Crippen molar-refractivity contribution in [3.05, 3.63) is 29.3 Å². The average molecular weight is 204 g/mol. The van der Waals surface area contributed by atoms with E-state index in [-0.39, 0.29) is 5.41 Å². The first kappa shape index (κ1) is 10.2. The largest absolute Gasteiger partial charge is 0.497 e. The summed E-state index contributed by atoms with van der Waals surface area (Å²) in [5, 5.41) is 0. The number of fused-ring (bicyclic) bond motifs is 1. The topological polar surface area (TPSA) is 26.3 Å². The fourth-order valence-corrected chi connectivity index (χ4v) is 2.39. The molecule has 1 aliphatic rings. The Morgan fingerprint density at radius 3 is 2.80 bits per heavy atom. The van der Waals surface area contributed by atoms with Crippen LogP contribution < -0.4 is 4.74 Å². The number of rotatable bonds is 3.